The van der Waals surface area contributed by atoms with Crippen LogP contribution in [0, 0.1) is 23.2 Å². The van der Waals surface area contributed by atoms with Crippen LogP contribution in [0.5, 0.6) is 0 Å². The first kappa shape index (κ1) is 30.4. The number of nitrogens with two attached hydrogens (primary N) is 1. The lowest BCUT2D eigenvalue weighted by Gasteiger charge is -2.37. The lowest BCUT2D eigenvalue weighted by Crippen LogP contribution is -2.61. The van der Waals surface area contributed by atoms with Gasteiger partial charge in [-0.15, -0.1) is 0 Å². The summed E-state index contributed by atoms with van der Waals surface area (Å²) in [6.45, 7) is 11.8. The number of urea groups is 1. The highest BCUT2D eigenvalue weighted by molar-refractivity contribution is 6.38. The zero-order chi connectivity index (χ0) is 29.3. The zero-order valence-corrected chi connectivity index (χ0v) is 23.9. The van der Waals surface area contributed by atoms with Gasteiger partial charge in [0.15, 0.2) is 0 Å². The molecular weight excluding hydrogens is 504 g/mol. The fourth-order valence-electron chi connectivity index (χ4n) is 6.01. The molecule has 6 atom stereocenters. The number of carbonyl (C=O) groups excluding carboxylic acids is 6. The molecule has 2 heterocycles. The largest absolute Gasteiger partial charge is 0.363 e. The van der Waals surface area contributed by atoms with Crippen LogP contribution < -0.4 is 27.0 Å². The van der Waals surface area contributed by atoms with Crippen molar-refractivity contribution in [3.8, 4) is 0 Å². The van der Waals surface area contributed by atoms with Gasteiger partial charge in [0.1, 0.15) is 12.1 Å². The van der Waals surface area contributed by atoms with Crippen LogP contribution in [0.3, 0.4) is 0 Å². The number of nitrogens with zero attached hydrogens (tertiary/aromatic N) is 1. The molecule has 0 spiro atoms. The number of carbonyl (C=O) groups is 6. The Morgan fingerprint density at radius 1 is 1.03 bits per heavy atom. The Hall–Kier alpha value is -3.18. The summed E-state index contributed by atoms with van der Waals surface area (Å²) >= 11 is 0. The van der Waals surface area contributed by atoms with Gasteiger partial charge in [0, 0.05) is 24.5 Å². The molecule has 39 heavy (non-hydrogen) atoms. The lowest BCUT2D eigenvalue weighted by atomic mass is 9.85. The van der Waals surface area contributed by atoms with Gasteiger partial charge < -0.3 is 31.9 Å². The standard InChI is InChI=1S/C27H44N6O6/c1-26(2,3)20(31-25(39)32-27(4,5)6)24(38)33-13-15-8-7-9-16(15)18(33)23(37)30-17(19(34)21(28)35)12-14-10-11-29-22(14)36/h14-18,20H,7-13H2,1-6H3,(H2,28,35)(H,29,36)(H,30,37)(H2,31,32,39)/t14-,15-,16-,17-,18-,20?/m0/s1. The molecule has 1 aliphatic carbocycles. The van der Waals surface area contributed by atoms with Crippen molar-refractivity contribution in [1.82, 2.24) is 26.2 Å². The Balaban J connectivity index is 1.86. The summed E-state index contributed by atoms with van der Waals surface area (Å²) < 4.78 is 0. The van der Waals surface area contributed by atoms with Gasteiger partial charge in [0.2, 0.25) is 23.5 Å². The summed E-state index contributed by atoms with van der Waals surface area (Å²) in [7, 11) is 0. The van der Waals surface area contributed by atoms with Crippen molar-refractivity contribution in [1.29, 1.82) is 0 Å². The molecule has 0 aromatic rings. The zero-order valence-electron chi connectivity index (χ0n) is 23.9. The predicted octanol–water partition coefficient (Wildman–Crippen LogP) is 0.191. The highest BCUT2D eigenvalue weighted by Gasteiger charge is 2.52. The first-order valence-corrected chi connectivity index (χ1v) is 13.8. The van der Waals surface area contributed by atoms with Crippen LogP contribution in [0.25, 0.3) is 0 Å². The minimum Gasteiger partial charge on any atom is -0.363 e. The normalized spacial score (nSPS) is 26.3. The average Bonchev–Trinajstić information content (AvgIpc) is 3.50. The maximum atomic E-state index is 14.0. The number of Topliss-reactive ketones (excluding diaryl/α,β-unsaturated/α-hetero) is 1. The number of hydrogen-bond donors (Lipinski definition) is 5. The molecule has 0 bridgehead atoms. The summed E-state index contributed by atoms with van der Waals surface area (Å²) in [5, 5.41) is 11.0. The Morgan fingerprint density at radius 3 is 2.23 bits per heavy atom. The molecule has 12 heteroatoms. The van der Waals surface area contributed by atoms with Crippen molar-refractivity contribution < 1.29 is 28.8 Å². The second-order valence-electron chi connectivity index (χ2n) is 13.2. The second kappa shape index (κ2) is 11.5. The first-order valence-electron chi connectivity index (χ1n) is 13.8. The third kappa shape index (κ3) is 7.27. The number of rotatable bonds is 8. The first-order chi connectivity index (χ1) is 18.0. The molecule has 218 valence electrons. The topological polar surface area (TPSA) is 180 Å². The van der Waals surface area contributed by atoms with Gasteiger partial charge in [-0.2, -0.15) is 0 Å². The number of likely N-dealkylation sites (tertiary alicyclic amines) is 1. The second-order valence-corrected chi connectivity index (χ2v) is 13.2. The molecule has 2 aliphatic heterocycles. The van der Waals surface area contributed by atoms with E-state index in [2.05, 4.69) is 21.3 Å². The maximum Gasteiger partial charge on any atom is 0.315 e. The van der Waals surface area contributed by atoms with Crippen LogP contribution in [0.15, 0.2) is 0 Å². The third-order valence-corrected chi connectivity index (χ3v) is 7.88. The van der Waals surface area contributed by atoms with E-state index in [1.54, 1.807) is 0 Å². The van der Waals surface area contributed by atoms with Crippen LogP contribution in [-0.2, 0) is 24.0 Å². The smallest absolute Gasteiger partial charge is 0.315 e. The fraction of sp³-hybridized carbons (Fsp3) is 0.778. The molecule has 6 N–H and O–H groups in total. The maximum absolute atomic E-state index is 14.0. The Morgan fingerprint density at radius 2 is 1.69 bits per heavy atom. The SMILES string of the molecule is CC(C)(C)NC(=O)NC(C(=O)N1C[C@@H]2CCC[C@@H]2[C@H]1C(=O)N[C@@H](C[C@@H]1CCNC1=O)C(=O)C(N)=O)C(C)(C)C. The predicted molar refractivity (Wildman–Crippen MR) is 143 cm³/mol. The summed E-state index contributed by atoms with van der Waals surface area (Å²) in [6.07, 6.45) is 2.95. The van der Waals surface area contributed by atoms with E-state index in [4.69, 9.17) is 5.73 Å². The van der Waals surface area contributed by atoms with Gasteiger partial charge in [0.25, 0.3) is 5.91 Å². The van der Waals surface area contributed by atoms with E-state index in [0.717, 1.165) is 19.3 Å². The Bertz CT molecular complexity index is 1020. The molecule has 3 aliphatic rings. The van der Waals surface area contributed by atoms with Crippen molar-refractivity contribution >= 4 is 35.4 Å². The third-order valence-electron chi connectivity index (χ3n) is 7.88. The van der Waals surface area contributed by atoms with Crippen molar-refractivity contribution in [2.24, 2.45) is 28.9 Å². The van der Waals surface area contributed by atoms with Gasteiger partial charge >= 0.3 is 6.03 Å². The number of amides is 6. The van der Waals surface area contributed by atoms with Crippen LogP contribution in [0.1, 0.15) is 73.6 Å². The number of primary amides is 1. The summed E-state index contributed by atoms with van der Waals surface area (Å²) in [6, 6.07) is -3.55. The number of hydrogen-bond acceptors (Lipinski definition) is 6. The molecule has 3 fully saturated rings. The van der Waals surface area contributed by atoms with E-state index in [1.165, 1.54) is 4.90 Å². The van der Waals surface area contributed by atoms with Crippen molar-refractivity contribution in [3.05, 3.63) is 0 Å². The van der Waals surface area contributed by atoms with Crippen LogP contribution in [-0.4, -0.2) is 77.1 Å². The van der Waals surface area contributed by atoms with E-state index >= 15 is 0 Å². The molecule has 1 saturated carbocycles. The van der Waals surface area contributed by atoms with Gasteiger partial charge in [-0.3, -0.25) is 24.0 Å². The molecule has 0 aromatic carbocycles. The van der Waals surface area contributed by atoms with Gasteiger partial charge in [-0.1, -0.05) is 27.2 Å². The number of nitrogens with one attached hydrogen (secondary N) is 4. The molecule has 3 rings (SSSR count). The van der Waals surface area contributed by atoms with Crippen molar-refractivity contribution in [3.63, 3.8) is 0 Å². The molecule has 1 unspecified atom stereocenters. The van der Waals surface area contributed by atoms with Gasteiger partial charge in [-0.25, -0.2) is 4.79 Å². The summed E-state index contributed by atoms with van der Waals surface area (Å²) in [4.78, 5) is 78.6. The molecule has 6 amide bonds. The van der Waals surface area contributed by atoms with E-state index in [9.17, 15) is 28.8 Å². The van der Waals surface area contributed by atoms with Crippen LogP contribution in [0.2, 0.25) is 0 Å². The monoisotopic (exact) mass is 548 g/mol. The van der Waals surface area contributed by atoms with E-state index in [0.29, 0.717) is 19.5 Å². The molecule has 0 radical (unpaired) electrons. The lowest BCUT2D eigenvalue weighted by molar-refractivity contribution is -0.144. The highest BCUT2D eigenvalue weighted by Crippen LogP contribution is 2.43. The minimum absolute atomic E-state index is 0.0484. The highest BCUT2D eigenvalue weighted by atomic mass is 16.2. The van der Waals surface area contributed by atoms with Crippen molar-refractivity contribution in [2.75, 3.05) is 13.1 Å². The van der Waals surface area contributed by atoms with Crippen LogP contribution in [0.4, 0.5) is 4.79 Å². The summed E-state index contributed by atoms with van der Waals surface area (Å²) in [5.41, 5.74) is 4.09. The van der Waals surface area contributed by atoms with Crippen molar-refractivity contribution in [2.45, 2.75) is 97.3 Å². The molecule has 12 nitrogen and oxygen atoms in total. The number of ketones is 1. The fourth-order valence-corrected chi connectivity index (χ4v) is 6.01. The van der Waals surface area contributed by atoms with Gasteiger partial charge in [-0.05, 0) is 63.7 Å². The average molecular weight is 549 g/mol. The molecule has 0 aromatic heterocycles. The van der Waals surface area contributed by atoms with E-state index < -0.39 is 58.6 Å². The Labute approximate surface area is 229 Å². The quantitative estimate of drug-likeness (QED) is 0.270. The number of fused-ring (bicyclic) bond motifs is 1. The summed E-state index contributed by atoms with van der Waals surface area (Å²) in [5.74, 6) is -3.88. The molecular formula is C27H44N6O6. The molecule has 2 saturated heterocycles. The van der Waals surface area contributed by atoms with E-state index in [1.807, 2.05) is 41.5 Å². The van der Waals surface area contributed by atoms with Crippen LogP contribution >= 0.6 is 0 Å². The minimum atomic E-state index is -1.27. The van der Waals surface area contributed by atoms with E-state index in [-0.39, 0.29) is 30.1 Å². The Kier molecular flexibility index (Phi) is 8.96. The van der Waals surface area contributed by atoms with Gasteiger partial charge in [0.05, 0.1) is 6.04 Å².